The molecule has 18 heavy (non-hydrogen) atoms. The third-order valence-corrected chi connectivity index (χ3v) is 3.55. The van der Waals surface area contributed by atoms with Gasteiger partial charge in [0.1, 0.15) is 0 Å². The van der Waals surface area contributed by atoms with E-state index < -0.39 is 5.24 Å². The topological polar surface area (TPSA) is 17.1 Å². The van der Waals surface area contributed by atoms with Gasteiger partial charge < -0.3 is 0 Å². The largest absolute Gasteiger partial charge is 0.276 e. The number of carbonyl (C=O) groups excluding carboxylic acids is 1. The Morgan fingerprint density at radius 2 is 1.39 bits per heavy atom. The Hall–Kier alpha value is -1.60. The second-order valence-corrected chi connectivity index (χ2v) is 5.19. The number of hydrogen-bond acceptors (Lipinski definition) is 1. The van der Waals surface area contributed by atoms with Crippen LogP contribution in [0.2, 0.25) is 0 Å². The maximum absolute atomic E-state index is 11.0. The monoisotopic (exact) mass is 258 g/mol. The smallest absolute Gasteiger partial charge is 0.252 e. The van der Waals surface area contributed by atoms with E-state index in [4.69, 9.17) is 11.6 Å². The Morgan fingerprint density at radius 1 is 0.889 bits per heavy atom. The molecule has 2 heteroatoms. The molecule has 92 valence electrons. The highest BCUT2D eigenvalue weighted by molar-refractivity contribution is 6.67. The van der Waals surface area contributed by atoms with Gasteiger partial charge in [0.15, 0.2) is 0 Å². The lowest BCUT2D eigenvalue weighted by molar-refractivity contribution is 0.108. The molecule has 0 spiro atoms. The first-order valence-corrected chi connectivity index (χ1v) is 6.25. The van der Waals surface area contributed by atoms with Gasteiger partial charge in [-0.15, -0.1) is 0 Å². The molecule has 0 amide bonds. The summed E-state index contributed by atoms with van der Waals surface area (Å²) in [4.78, 5) is 11.0. The summed E-state index contributed by atoms with van der Waals surface area (Å²) in [5.74, 6) is 0. The minimum atomic E-state index is -0.418. The molecule has 0 aliphatic carbocycles. The van der Waals surface area contributed by atoms with Crippen LogP contribution in [0.4, 0.5) is 0 Å². The summed E-state index contributed by atoms with van der Waals surface area (Å²) in [6.45, 7) is 4.33. The summed E-state index contributed by atoms with van der Waals surface area (Å²) in [6, 6.07) is 17.8. The van der Waals surface area contributed by atoms with E-state index in [1.807, 2.05) is 30.3 Å². The average molecular weight is 259 g/mol. The third kappa shape index (κ3) is 2.46. The highest BCUT2D eigenvalue weighted by Crippen LogP contribution is 2.31. The second-order valence-electron chi connectivity index (χ2n) is 4.84. The van der Waals surface area contributed by atoms with Crippen LogP contribution in [-0.2, 0) is 5.41 Å². The first-order valence-electron chi connectivity index (χ1n) is 5.88. The SMILES string of the molecule is CC(C)(c1ccccc1)c1ccc(C(=O)Cl)cc1. The lowest BCUT2D eigenvalue weighted by atomic mass is 9.78. The Labute approximate surface area is 112 Å². The Bertz CT molecular complexity index is 541. The van der Waals surface area contributed by atoms with E-state index in [9.17, 15) is 4.79 Å². The van der Waals surface area contributed by atoms with Crippen LogP contribution in [0.3, 0.4) is 0 Å². The van der Waals surface area contributed by atoms with Crippen LogP contribution in [0, 0.1) is 0 Å². The molecule has 2 aromatic rings. The molecule has 0 bridgehead atoms. The van der Waals surface area contributed by atoms with Crippen LogP contribution in [0.1, 0.15) is 35.3 Å². The molecule has 0 atom stereocenters. The molecule has 0 aromatic heterocycles. The molecule has 2 aromatic carbocycles. The normalized spacial score (nSPS) is 11.3. The van der Waals surface area contributed by atoms with E-state index in [-0.39, 0.29) is 5.41 Å². The second kappa shape index (κ2) is 4.95. The molecule has 0 aliphatic heterocycles. The average Bonchev–Trinajstić information content (AvgIpc) is 2.40. The van der Waals surface area contributed by atoms with Crippen molar-refractivity contribution in [3.05, 3.63) is 71.3 Å². The quantitative estimate of drug-likeness (QED) is 0.746. The van der Waals surface area contributed by atoms with E-state index in [2.05, 4.69) is 26.0 Å². The Balaban J connectivity index is 2.39. The summed E-state index contributed by atoms with van der Waals surface area (Å²) in [5.41, 5.74) is 2.85. The van der Waals surface area contributed by atoms with Crippen molar-refractivity contribution in [3.63, 3.8) is 0 Å². The highest BCUT2D eigenvalue weighted by Gasteiger charge is 2.22. The fourth-order valence-electron chi connectivity index (χ4n) is 2.04. The summed E-state index contributed by atoms with van der Waals surface area (Å²) < 4.78 is 0. The van der Waals surface area contributed by atoms with Crippen molar-refractivity contribution >= 4 is 16.8 Å². The third-order valence-electron chi connectivity index (χ3n) is 3.33. The Kier molecular flexibility index (Phi) is 3.53. The summed E-state index contributed by atoms with van der Waals surface area (Å²) >= 11 is 5.45. The van der Waals surface area contributed by atoms with Gasteiger partial charge in [0, 0.05) is 11.0 Å². The van der Waals surface area contributed by atoms with E-state index in [1.165, 1.54) is 5.56 Å². The molecule has 0 heterocycles. The fraction of sp³-hybridized carbons (Fsp3) is 0.188. The van der Waals surface area contributed by atoms with Gasteiger partial charge in [-0.25, -0.2) is 0 Å². The van der Waals surface area contributed by atoms with E-state index in [0.29, 0.717) is 5.56 Å². The maximum atomic E-state index is 11.0. The molecule has 0 saturated carbocycles. The van der Waals surface area contributed by atoms with E-state index in [0.717, 1.165) is 5.56 Å². The molecule has 1 nitrogen and oxygen atoms in total. The molecule has 0 saturated heterocycles. The van der Waals surface area contributed by atoms with Gasteiger partial charge in [-0.2, -0.15) is 0 Å². The van der Waals surface area contributed by atoms with E-state index >= 15 is 0 Å². The van der Waals surface area contributed by atoms with Crippen molar-refractivity contribution in [2.75, 3.05) is 0 Å². The number of carbonyl (C=O) groups is 1. The van der Waals surface area contributed by atoms with Crippen molar-refractivity contribution in [1.29, 1.82) is 0 Å². The van der Waals surface area contributed by atoms with Gasteiger partial charge in [-0.05, 0) is 34.9 Å². The van der Waals surface area contributed by atoms with E-state index in [1.54, 1.807) is 12.1 Å². The zero-order valence-corrected chi connectivity index (χ0v) is 11.2. The molecule has 0 N–H and O–H groups in total. The van der Waals surface area contributed by atoms with Gasteiger partial charge in [-0.1, -0.05) is 56.3 Å². The van der Waals surface area contributed by atoms with Gasteiger partial charge in [0.2, 0.25) is 0 Å². The number of hydrogen-bond donors (Lipinski definition) is 0. The Morgan fingerprint density at radius 3 is 1.89 bits per heavy atom. The zero-order valence-electron chi connectivity index (χ0n) is 10.5. The van der Waals surface area contributed by atoms with Gasteiger partial charge in [0.05, 0.1) is 0 Å². The molecule has 0 aliphatic rings. The molecule has 0 fully saturated rings. The van der Waals surface area contributed by atoms with Crippen LogP contribution in [0.5, 0.6) is 0 Å². The number of rotatable bonds is 3. The highest BCUT2D eigenvalue weighted by atomic mass is 35.5. The minimum Gasteiger partial charge on any atom is -0.276 e. The summed E-state index contributed by atoms with van der Waals surface area (Å²) in [7, 11) is 0. The maximum Gasteiger partial charge on any atom is 0.252 e. The van der Waals surface area contributed by atoms with Crippen molar-refractivity contribution < 1.29 is 4.79 Å². The van der Waals surface area contributed by atoms with Gasteiger partial charge in [-0.3, -0.25) is 4.79 Å². The number of benzene rings is 2. The summed E-state index contributed by atoms with van der Waals surface area (Å²) in [6.07, 6.45) is 0. The fourth-order valence-corrected chi connectivity index (χ4v) is 2.17. The zero-order chi connectivity index (χ0) is 13.2. The number of halogens is 1. The molecule has 0 unspecified atom stereocenters. The molecule has 2 rings (SSSR count). The summed E-state index contributed by atoms with van der Waals surface area (Å²) in [5, 5.41) is -0.418. The molecular weight excluding hydrogens is 244 g/mol. The molecular formula is C16H15ClO. The molecule has 0 radical (unpaired) electrons. The van der Waals surface area contributed by atoms with Crippen LogP contribution in [0.25, 0.3) is 0 Å². The van der Waals surface area contributed by atoms with Crippen LogP contribution < -0.4 is 0 Å². The van der Waals surface area contributed by atoms with Crippen LogP contribution in [0.15, 0.2) is 54.6 Å². The van der Waals surface area contributed by atoms with Crippen molar-refractivity contribution in [1.82, 2.24) is 0 Å². The van der Waals surface area contributed by atoms with Crippen molar-refractivity contribution in [3.8, 4) is 0 Å². The van der Waals surface area contributed by atoms with Gasteiger partial charge in [0.25, 0.3) is 5.24 Å². The standard InChI is InChI=1S/C16H15ClO/c1-16(2,13-6-4-3-5-7-13)14-10-8-12(9-11-14)15(17)18/h3-11H,1-2H3. The first-order chi connectivity index (χ1) is 8.51. The lowest BCUT2D eigenvalue weighted by Crippen LogP contribution is -2.18. The predicted octanol–water partition coefficient (Wildman–Crippen LogP) is 4.39. The van der Waals surface area contributed by atoms with Crippen LogP contribution >= 0.6 is 11.6 Å². The van der Waals surface area contributed by atoms with Crippen molar-refractivity contribution in [2.45, 2.75) is 19.3 Å². The van der Waals surface area contributed by atoms with Gasteiger partial charge >= 0.3 is 0 Å². The first kappa shape index (κ1) is 12.8. The van der Waals surface area contributed by atoms with Crippen LogP contribution in [-0.4, -0.2) is 5.24 Å². The minimum absolute atomic E-state index is 0.0881. The van der Waals surface area contributed by atoms with Crippen molar-refractivity contribution in [2.24, 2.45) is 0 Å². The lowest BCUT2D eigenvalue weighted by Gasteiger charge is -2.26. The predicted molar refractivity (Wildman–Crippen MR) is 75.2 cm³/mol.